The van der Waals surface area contributed by atoms with Crippen LogP contribution in [-0.2, 0) is 10.2 Å². The molecule has 34 heavy (non-hydrogen) atoms. The molecule has 1 amide bonds. The number of carbonyl (C=O) groups excluding carboxylic acids is 1. The maximum Gasteiger partial charge on any atom is 0.426 e. The zero-order valence-electron chi connectivity index (χ0n) is 18.3. The number of nitrogens with zero attached hydrogens (tertiary/aromatic N) is 1. The number of hydrogen-bond donors (Lipinski definition) is 2. The van der Waals surface area contributed by atoms with E-state index >= 15 is 0 Å². The number of carbonyl (C=O) groups is 1. The number of benzene rings is 3. The summed E-state index contributed by atoms with van der Waals surface area (Å²) in [6.45, 7) is 3.11. The molecular formula is C25H21F3N2O4. The van der Waals surface area contributed by atoms with Crippen molar-refractivity contribution in [3.8, 4) is 0 Å². The Bertz CT molecular complexity index is 1440. The molecule has 0 saturated heterocycles. The smallest absolute Gasteiger partial charge is 0.373 e. The lowest BCUT2D eigenvalue weighted by atomic mass is 9.73. The highest BCUT2D eigenvalue weighted by Crippen LogP contribution is 2.43. The van der Waals surface area contributed by atoms with Gasteiger partial charge in [0.25, 0.3) is 5.91 Å². The Hall–Kier alpha value is -3.72. The van der Waals surface area contributed by atoms with E-state index in [1.165, 1.54) is 24.4 Å². The molecule has 0 fully saturated rings. The number of aromatic nitrogens is 1. The summed E-state index contributed by atoms with van der Waals surface area (Å²) in [5.41, 5.74) is -5.09. The standard InChI is InChI=1S/C25H21F3N2O4/c1-23(2,20-9-5-7-15-6-3-4-8-18(15)20)14-24(33,25(26,27)28)22(32)30-17-10-11-19-16(12-17)13-29-34-21(19)31/h3-13,33H,14H2,1-2H3,(H,30,32). The predicted octanol–water partition coefficient (Wildman–Crippen LogP) is 4.94. The van der Waals surface area contributed by atoms with Crippen molar-refractivity contribution < 1.29 is 27.6 Å². The molecule has 0 aliphatic heterocycles. The summed E-state index contributed by atoms with van der Waals surface area (Å²) in [6.07, 6.45) is -4.97. The average molecular weight is 470 g/mol. The number of hydrogen-bond acceptors (Lipinski definition) is 5. The van der Waals surface area contributed by atoms with E-state index in [1.54, 1.807) is 38.1 Å². The van der Waals surface area contributed by atoms with Gasteiger partial charge in [0.2, 0.25) is 5.60 Å². The third kappa shape index (κ3) is 4.14. The number of nitrogens with one attached hydrogen (secondary N) is 1. The Balaban J connectivity index is 1.70. The van der Waals surface area contributed by atoms with Crippen molar-refractivity contribution in [1.29, 1.82) is 0 Å². The summed E-state index contributed by atoms with van der Waals surface area (Å²) in [4.78, 5) is 24.6. The van der Waals surface area contributed by atoms with Crippen LogP contribution in [0.4, 0.5) is 18.9 Å². The van der Waals surface area contributed by atoms with Crippen LogP contribution in [-0.4, -0.2) is 27.9 Å². The zero-order valence-corrected chi connectivity index (χ0v) is 18.3. The topological polar surface area (TPSA) is 92.4 Å². The van der Waals surface area contributed by atoms with Crippen molar-refractivity contribution in [3.05, 3.63) is 82.8 Å². The Morgan fingerprint density at radius 1 is 1.00 bits per heavy atom. The van der Waals surface area contributed by atoms with Crippen molar-refractivity contribution in [2.45, 2.75) is 37.5 Å². The summed E-state index contributed by atoms with van der Waals surface area (Å²) < 4.78 is 47.0. The summed E-state index contributed by atoms with van der Waals surface area (Å²) in [6, 6.07) is 16.3. The van der Waals surface area contributed by atoms with E-state index in [9.17, 15) is 27.9 Å². The fourth-order valence-corrected chi connectivity index (χ4v) is 4.21. The van der Waals surface area contributed by atoms with Crippen LogP contribution in [0, 0.1) is 0 Å². The van der Waals surface area contributed by atoms with Gasteiger partial charge in [0.1, 0.15) is 0 Å². The van der Waals surface area contributed by atoms with Gasteiger partial charge in [0, 0.05) is 17.5 Å². The molecule has 6 nitrogen and oxygen atoms in total. The van der Waals surface area contributed by atoms with Crippen LogP contribution in [0.3, 0.4) is 0 Å². The van der Waals surface area contributed by atoms with Gasteiger partial charge in [-0.3, -0.25) is 4.79 Å². The van der Waals surface area contributed by atoms with Crippen LogP contribution in [0.25, 0.3) is 21.5 Å². The second-order valence-corrected chi connectivity index (χ2v) is 8.81. The highest BCUT2D eigenvalue weighted by Gasteiger charge is 2.61. The Morgan fingerprint density at radius 3 is 2.44 bits per heavy atom. The molecule has 0 radical (unpaired) electrons. The van der Waals surface area contributed by atoms with Gasteiger partial charge >= 0.3 is 11.8 Å². The van der Waals surface area contributed by atoms with E-state index in [0.717, 1.165) is 10.8 Å². The van der Waals surface area contributed by atoms with E-state index in [2.05, 4.69) is 15.0 Å². The van der Waals surface area contributed by atoms with Crippen molar-refractivity contribution >= 4 is 33.1 Å². The minimum Gasteiger partial charge on any atom is -0.373 e. The largest absolute Gasteiger partial charge is 0.426 e. The van der Waals surface area contributed by atoms with Crippen LogP contribution in [0.1, 0.15) is 25.8 Å². The third-order valence-electron chi connectivity index (χ3n) is 5.92. The lowest BCUT2D eigenvalue weighted by molar-refractivity contribution is -0.254. The van der Waals surface area contributed by atoms with Crippen LogP contribution in [0.2, 0.25) is 0 Å². The Labute approximate surface area is 192 Å². The molecule has 1 heterocycles. The number of fused-ring (bicyclic) bond motifs is 2. The van der Waals surface area contributed by atoms with Gasteiger partial charge in [0.15, 0.2) is 0 Å². The van der Waals surface area contributed by atoms with E-state index in [4.69, 9.17) is 0 Å². The first-order chi connectivity index (χ1) is 15.9. The molecule has 0 saturated carbocycles. The molecule has 9 heteroatoms. The first-order valence-electron chi connectivity index (χ1n) is 10.4. The lowest BCUT2D eigenvalue weighted by Gasteiger charge is -2.37. The van der Waals surface area contributed by atoms with Crippen LogP contribution in [0.15, 0.2) is 76.2 Å². The SMILES string of the molecule is CC(C)(CC(O)(C(=O)Nc1ccc2c(=O)oncc2c1)C(F)(F)F)c1cccc2ccccc12. The van der Waals surface area contributed by atoms with Crippen molar-refractivity contribution in [2.24, 2.45) is 0 Å². The molecule has 1 atom stereocenters. The molecule has 4 rings (SSSR count). The second kappa shape index (κ2) is 8.25. The number of rotatable bonds is 5. The van der Waals surface area contributed by atoms with E-state index in [1.807, 2.05) is 18.2 Å². The second-order valence-electron chi connectivity index (χ2n) is 8.81. The fraction of sp³-hybridized carbons (Fsp3) is 0.240. The number of alkyl halides is 3. The summed E-state index contributed by atoms with van der Waals surface area (Å²) in [7, 11) is 0. The molecule has 1 unspecified atom stereocenters. The minimum absolute atomic E-state index is 0.0319. The van der Waals surface area contributed by atoms with Crippen molar-refractivity contribution in [2.75, 3.05) is 5.32 Å². The fourth-order valence-electron chi connectivity index (χ4n) is 4.21. The molecule has 0 spiro atoms. The zero-order chi connectivity index (χ0) is 24.7. The van der Waals surface area contributed by atoms with E-state index in [0.29, 0.717) is 5.56 Å². The number of halogens is 3. The molecule has 1 aromatic heterocycles. The van der Waals surface area contributed by atoms with E-state index < -0.39 is 35.1 Å². The monoisotopic (exact) mass is 470 g/mol. The number of amides is 1. The third-order valence-corrected chi connectivity index (χ3v) is 5.92. The number of aliphatic hydroxyl groups is 1. The Morgan fingerprint density at radius 2 is 1.71 bits per heavy atom. The van der Waals surface area contributed by atoms with Gasteiger partial charge in [0.05, 0.1) is 11.6 Å². The van der Waals surface area contributed by atoms with Crippen molar-refractivity contribution in [3.63, 3.8) is 0 Å². The minimum atomic E-state index is -5.25. The molecular weight excluding hydrogens is 449 g/mol. The molecule has 0 aliphatic carbocycles. The quantitative estimate of drug-likeness (QED) is 0.431. The van der Waals surface area contributed by atoms with E-state index in [-0.39, 0.29) is 16.5 Å². The van der Waals surface area contributed by atoms with Crippen LogP contribution < -0.4 is 10.9 Å². The molecule has 0 bridgehead atoms. The molecule has 2 N–H and O–H groups in total. The first-order valence-corrected chi connectivity index (χ1v) is 10.4. The maximum absolute atomic E-state index is 14.1. The molecule has 4 aromatic rings. The van der Waals surface area contributed by atoms with Crippen LogP contribution in [0.5, 0.6) is 0 Å². The maximum atomic E-state index is 14.1. The van der Waals surface area contributed by atoms with Crippen LogP contribution >= 0.6 is 0 Å². The van der Waals surface area contributed by atoms with Gasteiger partial charge in [-0.25, -0.2) is 4.79 Å². The normalized spacial score (nSPS) is 14.2. The summed E-state index contributed by atoms with van der Waals surface area (Å²) in [5.74, 6) is -1.62. The Kier molecular flexibility index (Phi) is 5.69. The summed E-state index contributed by atoms with van der Waals surface area (Å²) >= 11 is 0. The van der Waals surface area contributed by atoms with Gasteiger partial charge in [-0.2, -0.15) is 13.2 Å². The average Bonchev–Trinajstić information content (AvgIpc) is 2.77. The molecule has 176 valence electrons. The summed E-state index contributed by atoms with van der Waals surface area (Å²) in [5, 5.41) is 18.3. The van der Waals surface area contributed by atoms with Gasteiger partial charge in [-0.1, -0.05) is 61.5 Å². The lowest BCUT2D eigenvalue weighted by Crippen LogP contribution is -2.57. The number of anilines is 1. The predicted molar refractivity (Wildman–Crippen MR) is 122 cm³/mol. The van der Waals surface area contributed by atoms with Gasteiger partial charge < -0.3 is 14.9 Å². The first kappa shape index (κ1) is 23.4. The highest BCUT2D eigenvalue weighted by atomic mass is 19.4. The molecule has 0 aliphatic rings. The van der Waals surface area contributed by atoms with Crippen molar-refractivity contribution in [1.82, 2.24) is 5.16 Å². The molecule has 3 aromatic carbocycles. The highest BCUT2D eigenvalue weighted by molar-refractivity contribution is 5.99. The van der Waals surface area contributed by atoms with Gasteiger partial charge in [-0.05, 0) is 39.9 Å². The van der Waals surface area contributed by atoms with Gasteiger partial charge in [-0.15, -0.1) is 0 Å².